The van der Waals surface area contributed by atoms with Crippen molar-refractivity contribution in [3.05, 3.63) is 29.8 Å². The van der Waals surface area contributed by atoms with Gasteiger partial charge in [-0.15, -0.1) is 0 Å². The van der Waals surface area contributed by atoms with Crippen molar-refractivity contribution in [2.45, 2.75) is 25.3 Å². The second-order valence-electron chi connectivity index (χ2n) is 4.90. The third-order valence-electron chi connectivity index (χ3n) is 3.32. The molecule has 2 rings (SSSR count). The standard InChI is InChI=1S/C14H17F2NO3/c1-2-19-13(18)14(17,9-3-4-9)8-20-12-7-10(15)5-6-11(12)16/h5-7,9H,2-4,8,17H2,1H3. The molecule has 0 saturated heterocycles. The monoisotopic (exact) mass is 285 g/mol. The number of carbonyl (C=O) groups excluding carboxylic acids is 1. The first-order chi connectivity index (χ1) is 9.47. The Hall–Kier alpha value is -1.69. The van der Waals surface area contributed by atoms with E-state index in [1.54, 1.807) is 6.92 Å². The largest absolute Gasteiger partial charge is 0.488 e. The average molecular weight is 285 g/mol. The SMILES string of the molecule is CCOC(=O)C(N)(COc1cc(F)ccc1F)C1CC1. The second-order valence-corrected chi connectivity index (χ2v) is 4.90. The van der Waals surface area contributed by atoms with Gasteiger partial charge in [-0.25, -0.2) is 13.6 Å². The minimum atomic E-state index is -1.31. The molecule has 1 aromatic carbocycles. The normalized spacial score (nSPS) is 17.4. The minimum absolute atomic E-state index is 0.0434. The number of rotatable bonds is 6. The van der Waals surface area contributed by atoms with Gasteiger partial charge in [0.25, 0.3) is 0 Å². The molecule has 0 bridgehead atoms. The smallest absolute Gasteiger partial charge is 0.329 e. The molecule has 0 heterocycles. The van der Waals surface area contributed by atoms with E-state index >= 15 is 0 Å². The van der Waals surface area contributed by atoms with Crippen LogP contribution in [0.25, 0.3) is 0 Å². The minimum Gasteiger partial charge on any atom is -0.488 e. The maximum Gasteiger partial charge on any atom is 0.329 e. The molecule has 6 heteroatoms. The molecule has 0 radical (unpaired) electrons. The highest BCUT2D eigenvalue weighted by molar-refractivity contribution is 5.81. The first kappa shape index (κ1) is 14.7. The van der Waals surface area contributed by atoms with Gasteiger partial charge < -0.3 is 15.2 Å². The number of nitrogens with two attached hydrogens (primary N) is 1. The number of ether oxygens (including phenoxy) is 2. The van der Waals surface area contributed by atoms with Crippen LogP contribution in [0.2, 0.25) is 0 Å². The van der Waals surface area contributed by atoms with Gasteiger partial charge in [-0.2, -0.15) is 0 Å². The van der Waals surface area contributed by atoms with Gasteiger partial charge in [-0.3, -0.25) is 0 Å². The molecular weight excluding hydrogens is 268 g/mol. The molecule has 4 nitrogen and oxygen atoms in total. The summed E-state index contributed by atoms with van der Waals surface area (Å²) < 4.78 is 36.7. The van der Waals surface area contributed by atoms with Gasteiger partial charge in [-0.1, -0.05) is 0 Å². The maximum atomic E-state index is 13.5. The van der Waals surface area contributed by atoms with Crippen molar-refractivity contribution in [3.8, 4) is 5.75 Å². The predicted octanol–water partition coefficient (Wildman–Crippen LogP) is 2.01. The molecule has 20 heavy (non-hydrogen) atoms. The maximum absolute atomic E-state index is 13.5. The van der Waals surface area contributed by atoms with E-state index in [9.17, 15) is 13.6 Å². The summed E-state index contributed by atoms with van der Waals surface area (Å²) >= 11 is 0. The molecule has 1 atom stereocenters. The average Bonchev–Trinajstić information content (AvgIpc) is 3.24. The van der Waals surface area contributed by atoms with Crippen molar-refractivity contribution in [3.63, 3.8) is 0 Å². The topological polar surface area (TPSA) is 61.5 Å². The number of carbonyl (C=O) groups is 1. The van der Waals surface area contributed by atoms with Crippen molar-refractivity contribution in [1.29, 1.82) is 0 Å². The van der Waals surface area contributed by atoms with Gasteiger partial charge in [0, 0.05) is 6.07 Å². The van der Waals surface area contributed by atoms with Gasteiger partial charge in [0.2, 0.25) is 0 Å². The Morgan fingerprint density at radius 2 is 2.15 bits per heavy atom. The van der Waals surface area contributed by atoms with Crippen LogP contribution in [-0.4, -0.2) is 24.7 Å². The quantitative estimate of drug-likeness (QED) is 0.812. The van der Waals surface area contributed by atoms with Crippen LogP contribution in [0.3, 0.4) is 0 Å². The summed E-state index contributed by atoms with van der Waals surface area (Å²) in [6, 6.07) is 2.88. The molecule has 0 spiro atoms. The highest BCUT2D eigenvalue weighted by Crippen LogP contribution is 2.39. The lowest BCUT2D eigenvalue weighted by molar-refractivity contribution is -0.152. The van der Waals surface area contributed by atoms with Gasteiger partial charge >= 0.3 is 5.97 Å². The Bertz CT molecular complexity index is 505. The molecule has 110 valence electrons. The molecule has 0 aliphatic heterocycles. The number of hydrogen-bond donors (Lipinski definition) is 1. The molecular formula is C14H17F2NO3. The number of halogens is 2. The Labute approximate surface area is 115 Å². The third-order valence-corrected chi connectivity index (χ3v) is 3.32. The molecule has 1 aromatic rings. The van der Waals surface area contributed by atoms with Gasteiger partial charge in [0.05, 0.1) is 6.61 Å². The zero-order valence-corrected chi connectivity index (χ0v) is 11.2. The summed E-state index contributed by atoms with van der Waals surface area (Å²) in [5, 5.41) is 0. The van der Waals surface area contributed by atoms with Crippen LogP contribution in [0.4, 0.5) is 8.78 Å². The van der Waals surface area contributed by atoms with E-state index < -0.39 is 23.1 Å². The van der Waals surface area contributed by atoms with Crippen molar-refractivity contribution in [2.24, 2.45) is 11.7 Å². The number of esters is 1. The van der Waals surface area contributed by atoms with Crippen LogP contribution in [0, 0.1) is 17.6 Å². The highest BCUT2D eigenvalue weighted by Gasteiger charge is 2.50. The molecule has 1 aliphatic carbocycles. The Morgan fingerprint density at radius 1 is 1.45 bits per heavy atom. The van der Waals surface area contributed by atoms with Crippen molar-refractivity contribution in [1.82, 2.24) is 0 Å². The fraction of sp³-hybridized carbons (Fsp3) is 0.500. The molecule has 2 N–H and O–H groups in total. The number of hydrogen-bond acceptors (Lipinski definition) is 4. The molecule has 1 unspecified atom stereocenters. The van der Waals surface area contributed by atoms with Crippen LogP contribution >= 0.6 is 0 Å². The van der Waals surface area contributed by atoms with Crippen LogP contribution in [0.15, 0.2) is 18.2 Å². The lowest BCUT2D eigenvalue weighted by Gasteiger charge is -2.27. The lowest BCUT2D eigenvalue weighted by atomic mass is 9.96. The van der Waals surface area contributed by atoms with Crippen LogP contribution in [0.1, 0.15) is 19.8 Å². The van der Waals surface area contributed by atoms with Gasteiger partial charge in [0.1, 0.15) is 12.4 Å². The molecule has 1 aliphatic rings. The van der Waals surface area contributed by atoms with Crippen LogP contribution < -0.4 is 10.5 Å². The highest BCUT2D eigenvalue weighted by atomic mass is 19.1. The van der Waals surface area contributed by atoms with E-state index in [0.29, 0.717) is 0 Å². The third kappa shape index (κ3) is 3.07. The summed E-state index contributed by atoms with van der Waals surface area (Å²) in [7, 11) is 0. The Kier molecular flexibility index (Phi) is 4.23. The van der Waals surface area contributed by atoms with Gasteiger partial charge in [0.15, 0.2) is 17.1 Å². The van der Waals surface area contributed by atoms with E-state index in [1.165, 1.54) is 0 Å². The van der Waals surface area contributed by atoms with Crippen molar-refractivity contribution in [2.75, 3.05) is 13.2 Å². The fourth-order valence-corrected chi connectivity index (χ4v) is 1.99. The zero-order valence-electron chi connectivity index (χ0n) is 11.2. The fourth-order valence-electron chi connectivity index (χ4n) is 1.99. The molecule has 1 fully saturated rings. The van der Waals surface area contributed by atoms with Gasteiger partial charge in [-0.05, 0) is 37.8 Å². The first-order valence-electron chi connectivity index (χ1n) is 6.51. The van der Waals surface area contributed by atoms with Crippen molar-refractivity contribution >= 4 is 5.97 Å². The summed E-state index contributed by atoms with van der Waals surface area (Å²) in [4.78, 5) is 11.9. The van der Waals surface area contributed by atoms with E-state index in [1.807, 2.05) is 0 Å². The van der Waals surface area contributed by atoms with E-state index in [-0.39, 0.29) is 24.9 Å². The summed E-state index contributed by atoms with van der Waals surface area (Å²) in [6.45, 7) is 1.65. The van der Waals surface area contributed by atoms with E-state index in [0.717, 1.165) is 31.0 Å². The lowest BCUT2D eigenvalue weighted by Crippen LogP contribution is -2.55. The van der Waals surface area contributed by atoms with Crippen LogP contribution in [0.5, 0.6) is 5.75 Å². The van der Waals surface area contributed by atoms with Crippen molar-refractivity contribution < 1.29 is 23.0 Å². The summed E-state index contributed by atoms with van der Waals surface area (Å²) in [5.41, 5.74) is 4.74. The first-order valence-corrected chi connectivity index (χ1v) is 6.51. The molecule has 0 aromatic heterocycles. The van der Waals surface area contributed by atoms with E-state index in [4.69, 9.17) is 15.2 Å². The summed E-state index contributed by atoms with van der Waals surface area (Å²) in [5.74, 6) is -2.19. The second kappa shape index (κ2) is 5.75. The van der Waals surface area contributed by atoms with Crippen LogP contribution in [-0.2, 0) is 9.53 Å². The Morgan fingerprint density at radius 3 is 2.75 bits per heavy atom. The summed E-state index contributed by atoms with van der Waals surface area (Å²) in [6.07, 6.45) is 1.59. The molecule has 1 saturated carbocycles. The zero-order chi connectivity index (χ0) is 14.8. The Balaban J connectivity index is 2.09. The predicted molar refractivity (Wildman–Crippen MR) is 68.1 cm³/mol. The van der Waals surface area contributed by atoms with E-state index in [2.05, 4.69) is 0 Å². The number of benzene rings is 1. The molecule has 0 amide bonds.